The van der Waals surface area contributed by atoms with Crippen LogP contribution >= 0.6 is 0 Å². The normalized spacial score (nSPS) is 11.1. The molecule has 3 heteroatoms. The number of carbonyl (C=O) groups is 1. The summed E-state index contributed by atoms with van der Waals surface area (Å²) in [5.74, 6) is 0.0939. The molecule has 1 heterocycles. The molecule has 0 fully saturated rings. The zero-order valence-corrected chi connectivity index (χ0v) is 11.2. The molecule has 2 aromatic rings. The lowest BCUT2D eigenvalue weighted by atomic mass is 10.0. The van der Waals surface area contributed by atoms with Gasteiger partial charge < -0.3 is 9.67 Å². The number of Topliss-reactive ketones (excluding diaryl/α,β-unsaturated/α-hetero) is 1. The highest BCUT2D eigenvalue weighted by Gasteiger charge is 2.15. The molecule has 0 aliphatic heterocycles. The number of hydrogen-bond donors (Lipinski definition) is 1. The lowest BCUT2D eigenvalue weighted by Gasteiger charge is -2.07. The van der Waals surface area contributed by atoms with Crippen LogP contribution in [0, 0.1) is 13.8 Å². The Bertz CT molecular complexity index is 596. The van der Waals surface area contributed by atoms with E-state index in [-0.39, 0.29) is 12.4 Å². The van der Waals surface area contributed by atoms with E-state index in [2.05, 4.69) is 23.6 Å². The molecule has 0 atom stereocenters. The Balaban J connectivity index is 2.72. The third kappa shape index (κ3) is 2.06. The van der Waals surface area contributed by atoms with Gasteiger partial charge in [0.1, 0.15) is 0 Å². The van der Waals surface area contributed by atoms with Crippen molar-refractivity contribution < 1.29 is 9.90 Å². The minimum absolute atomic E-state index is 0.0939. The highest BCUT2D eigenvalue weighted by atomic mass is 16.3. The maximum absolute atomic E-state index is 11.7. The van der Waals surface area contributed by atoms with Gasteiger partial charge in [0.05, 0.1) is 5.52 Å². The molecule has 18 heavy (non-hydrogen) atoms. The number of aryl methyl sites for hydroxylation is 3. The predicted octanol–water partition coefficient (Wildman–Crippen LogP) is 2.84. The Morgan fingerprint density at radius 1 is 1.28 bits per heavy atom. The zero-order chi connectivity index (χ0) is 13.3. The van der Waals surface area contributed by atoms with Crippen molar-refractivity contribution in [1.82, 2.24) is 4.57 Å². The summed E-state index contributed by atoms with van der Waals surface area (Å²) < 4.78 is 2.09. The van der Waals surface area contributed by atoms with Crippen molar-refractivity contribution in [1.29, 1.82) is 0 Å². The Hall–Kier alpha value is -1.61. The van der Waals surface area contributed by atoms with Crippen LogP contribution in [0.4, 0.5) is 0 Å². The zero-order valence-electron chi connectivity index (χ0n) is 11.2. The summed E-state index contributed by atoms with van der Waals surface area (Å²) in [6.07, 6.45) is 2.62. The van der Waals surface area contributed by atoms with Crippen molar-refractivity contribution in [3.8, 4) is 0 Å². The highest BCUT2D eigenvalue weighted by molar-refractivity contribution is 6.08. The molecule has 0 spiro atoms. The van der Waals surface area contributed by atoms with Crippen molar-refractivity contribution in [2.24, 2.45) is 0 Å². The largest absolute Gasteiger partial charge is 0.396 e. The molecule has 1 aromatic carbocycles. The Morgan fingerprint density at radius 3 is 2.56 bits per heavy atom. The Morgan fingerprint density at radius 2 is 1.94 bits per heavy atom. The summed E-state index contributed by atoms with van der Waals surface area (Å²) in [6.45, 7) is 6.60. The molecule has 0 amide bonds. The highest BCUT2D eigenvalue weighted by Crippen LogP contribution is 2.28. The van der Waals surface area contributed by atoms with Crippen molar-refractivity contribution in [3.05, 3.63) is 35.0 Å². The topological polar surface area (TPSA) is 42.2 Å². The first-order valence-corrected chi connectivity index (χ1v) is 6.27. The molecule has 0 radical (unpaired) electrons. The molecule has 2 rings (SSSR count). The molecule has 96 valence electrons. The van der Waals surface area contributed by atoms with Gasteiger partial charge in [-0.1, -0.05) is 12.1 Å². The van der Waals surface area contributed by atoms with E-state index in [0.717, 1.165) is 28.6 Å². The average Bonchev–Trinajstić information content (AvgIpc) is 2.72. The summed E-state index contributed by atoms with van der Waals surface area (Å²) in [6, 6.07) is 4.14. The maximum atomic E-state index is 11.7. The van der Waals surface area contributed by atoms with Gasteiger partial charge in [-0.3, -0.25) is 4.79 Å². The second-order valence-corrected chi connectivity index (χ2v) is 4.79. The molecule has 0 aliphatic carbocycles. The summed E-state index contributed by atoms with van der Waals surface area (Å²) >= 11 is 0. The summed E-state index contributed by atoms with van der Waals surface area (Å²) in [5, 5.41) is 10.0. The van der Waals surface area contributed by atoms with E-state index in [1.807, 2.05) is 13.1 Å². The van der Waals surface area contributed by atoms with Gasteiger partial charge in [0.2, 0.25) is 0 Å². The standard InChI is InChI=1S/C15H19NO2/c1-10-5-6-11(2)15-14(10)13(12(3)18)9-16(15)7-4-8-17/h5-6,9,17H,4,7-8H2,1-3H3. The van der Waals surface area contributed by atoms with Gasteiger partial charge >= 0.3 is 0 Å². The van der Waals surface area contributed by atoms with E-state index in [1.54, 1.807) is 6.92 Å². The van der Waals surface area contributed by atoms with Gasteiger partial charge in [-0.15, -0.1) is 0 Å². The molecule has 0 saturated heterocycles. The summed E-state index contributed by atoms with van der Waals surface area (Å²) in [5.41, 5.74) is 4.20. The minimum atomic E-state index is 0.0939. The van der Waals surface area contributed by atoms with Crippen LogP contribution in [-0.2, 0) is 6.54 Å². The summed E-state index contributed by atoms with van der Waals surface area (Å²) in [4.78, 5) is 11.7. The van der Waals surface area contributed by atoms with Crippen molar-refractivity contribution in [2.75, 3.05) is 6.61 Å². The van der Waals surface area contributed by atoms with Gasteiger partial charge in [0.15, 0.2) is 5.78 Å². The third-order valence-electron chi connectivity index (χ3n) is 3.37. The monoisotopic (exact) mass is 245 g/mol. The number of aliphatic hydroxyl groups is 1. The number of carbonyl (C=O) groups excluding carboxylic acids is 1. The van der Waals surface area contributed by atoms with Crippen LogP contribution in [0.15, 0.2) is 18.3 Å². The predicted molar refractivity (Wildman–Crippen MR) is 73.1 cm³/mol. The van der Waals surface area contributed by atoms with E-state index in [9.17, 15) is 4.79 Å². The van der Waals surface area contributed by atoms with Crippen LogP contribution in [0.5, 0.6) is 0 Å². The van der Waals surface area contributed by atoms with Crippen LogP contribution in [0.3, 0.4) is 0 Å². The number of aliphatic hydroxyl groups excluding tert-OH is 1. The molecule has 3 nitrogen and oxygen atoms in total. The second-order valence-electron chi connectivity index (χ2n) is 4.79. The van der Waals surface area contributed by atoms with Gasteiger partial charge in [-0.25, -0.2) is 0 Å². The number of ketones is 1. The average molecular weight is 245 g/mol. The number of aromatic nitrogens is 1. The van der Waals surface area contributed by atoms with E-state index >= 15 is 0 Å². The van der Waals surface area contributed by atoms with E-state index in [0.29, 0.717) is 6.42 Å². The van der Waals surface area contributed by atoms with E-state index in [1.165, 1.54) is 5.56 Å². The second kappa shape index (κ2) is 4.94. The fourth-order valence-electron chi connectivity index (χ4n) is 2.48. The fraction of sp³-hybridized carbons (Fsp3) is 0.400. The van der Waals surface area contributed by atoms with Gasteiger partial charge in [-0.2, -0.15) is 0 Å². The van der Waals surface area contributed by atoms with Crippen LogP contribution in [0.2, 0.25) is 0 Å². The first-order chi connectivity index (χ1) is 8.56. The molecule has 0 saturated carbocycles. The first kappa shape index (κ1) is 12.8. The molecule has 1 aromatic heterocycles. The maximum Gasteiger partial charge on any atom is 0.161 e. The van der Waals surface area contributed by atoms with Crippen LogP contribution in [-0.4, -0.2) is 22.1 Å². The Labute approximate surface area is 107 Å². The van der Waals surface area contributed by atoms with E-state index in [4.69, 9.17) is 5.11 Å². The molecular weight excluding hydrogens is 226 g/mol. The number of fused-ring (bicyclic) bond motifs is 1. The number of hydrogen-bond acceptors (Lipinski definition) is 2. The number of rotatable bonds is 4. The molecule has 0 aliphatic rings. The molecular formula is C15H19NO2. The number of benzene rings is 1. The van der Waals surface area contributed by atoms with Gasteiger partial charge in [-0.05, 0) is 38.3 Å². The van der Waals surface area contributed by atoms with Crippen LogP contribution in [0.25, 0.3) is 10.9 Å². The van der Waals surface area contributed by atoms with Gasteiger partial charge in [0, 0.05) is 30.3 Å². The van der Waals surface area contributed by atoms with Gasteiger partial charge in [0.25, 0.3) is 0 Å². The minimum Gasteiger partial charge on any atom is -0.396 e. The van der Waals surface area contributed by atoms with Crippen molar-refractivity contribution >= 4 is 16.7 Å². The van der Waals surface area contributed by atoms with Crippen molar-refractivity contribution in [3.63, 3.8) is 0 Å². The van der Waals surface area contributed by atoms with Crippen LogP contribution < -0.4 is 0 Å². The first-order valence-electron chi connectivity index (χ1n) is 6.27. The quantitative estimate of drug-likeness (QED) is 0.842. The summed E-state index contributed by atoms with van der Waals surface area (Å²) in [7, 11) is 0. The SMILES string of the molecule is CC(=O)c1cn(CCCO)c2c(C)ccc(C)c12. The molecule has 1 N–H and O–H groups in total. The number of nitrogens with zero attached hydrogens (tertiary/aromatic N) is 1. The molecule has 0 unspecified atom stereocenters. The molecule has 0 bridgehead atoms. The van der Waals surface area contributed by atoms with E-state index < -0.39 is 0 Å². The van der Waals surface area contributed by atoms with Crippen LogP contribution in [0.1, 0.15) is 34.8 Å². The third-order valence-corrected chi connectivity index (χ3v) is 3.37. The smallest absolute Gasteiger partial charge is 0.161 e. The Kier molecular flexibility index (Phi) is 3.53. The van der Waals surface area contributed by atoms with Crippen molar-refractivity contribution in [2.45, 2.75) is 33.7 Å². The lowest BCUT2D eigenvalue weighted by Crippen LogP contribution is -1.99. The lowest BCUT2D eigenvalue weighted by molar-refractivity contribution is 0.101. The fourth-order valence-corrected chi connectivity index (χ4v) is 2.48.